The van der Waals surface area contributed by atoms with E-state index in [-0.39, 0.29) is 17.1 Å². The van der Waals surface area contributed by atoms with Gasteiger partial charge in [-0.25, -0.2) is 13.1 Å². The summed E-state index contributed by atoms with van der Waals surface area (Å²) in [5.41, 5.74) is 0.663. The molecule has 0 aliphatic heterocycles. The van der Waals surface area contributed by atoms with Crippen LogP contribution in [0.1, 0.15) is 12.1 Å². The Morgan fingerprint density at radius 3 is 2.82 bits per heavy atom. The maximum atomic E-state index is 12.5. The van der Waals surface area contributed by atoms with Gasteiger partial charge in [-0.3, -0.25) is 4.72 Å². The van der Waals surface area contributed by atoms with Crippen LogP contribution in [-0.2, 0) is 16.6 Å². The van der Waals surface area contributed by atoms with Crippen molar-refractivity contribution in [1.82, 2.24) is 9.78 Å². The van der Waals surface area contributed by atoms with Crippen LogP contribution in [0.2, 0.25) is 0 Å². The fourth-order valence-corrected chi connectivity index (χ4v) is 3.21. The Bertz CT molecular complexity index is 806. The van der Waals surface area contributed by atoms with E-state index in [9.17, 15) is 8.42 Å². The van der Waals surface area contributed by atoms with Gasteiger partial charge in [-0.15, -0.1) is 0 Å². The Kier molecular flexibility index (Phi) is 4.68. The van der Waals surface area contributed by atoms with Crippen molar-refractivity contribution in [2.75, 3.05) is 11.8 Å². The molecule has 8 heteroatoms. The van der Waals surface area contributed by atoms with E-state index in [2.05, 4.69) is 9.82 Å². The molecule has 0 saturated heterocycles. The average molecular weight is 320 g/mol. The number of para-hydroxylation sites is 1. The zero-order valence-electron chi connectivity index (χ0n) is 12.3. The predicted octanol–water partition coefficient (Wildman–Crippen LogP) is 1.91. The number of aromatic nitrogens is 2. The molecule has 1 heterocycles. The molecule has 2 rings (SSSR count). The molecule has 0 bridgehead atoms. The lowest BCUT2D eigenvalue weighted by Crippen LogP contribution is -2.17. The van der Waals surface area contributed by atoms with Crippen LogP contribution in [0.4, 0.5) is 5.82 Å². The van der Waals surface area contributed by atoms with Crippen LogP contribution in [0.5, 0.6) is 5.75 Å². The minimum absolute atomic E-state index is 0.0446. The Morgan fingerprint density at radius 2 is 2.14 bits per heavy atom. The number of nitrogens with one attached hydrogen (secondary N) is 1. The van der Waals surface area contributed by atoms with Gasteiger partial charge in [0.25, 0.3) is 10.0 Å². The first-order chi connectivity index (χ1) is 10.5. The highest BCUT2D eigenvalue weighted by Crippen LogP contribution is 2.25. The average Bonchev–Trinajstić information content (AvgIpc) is 2.84. The number of ether oxygens (including phenoxy) is 1. The number of hydrogen-bond acceptors (Lipinski definition) is 5. The molecule has 7 nitrogen and oxygen atoms in total. The molecule has 0 spiro atoms. The van der Waals surface area contributed by atoms with Crippen molar-refractivity contribution >= 4 is 15.8 Å². The Hall–Kier alpha value is -2.53. The third kappa shape index (κ3) is 3.38. The number of nitrogens with zero attached hydrogens (tertiary/aromatic N) is 3. The first-order valence-electron chi connectivity index (χ1n) is 6.55. The van der Waals surface area contributed by atoms with Gasteiger partial charge in [0.15, 0.2) is 0 Å². The number of sulfonamides is 1. The minimum atomic E-state index is -3.81. The quantitative estimate of drug-likeness (QED) is 0.877. The highest BCUT2D eigenvalue weighted by molar-refractivity contribution is 7.92. The molecule has 0 aliphatic carbocycles. The summed E-state index contributed by atoms with van der Waals surface area (Å²) in [6.45, 7) is 2.07. The lowest BCUT2D eigenvalue weighted by Gasteiger charge is -2.12. The predicted molar refractivity (Wildman–Crippen MR) is 81.0 cm³/mol. The molecular weight excluding hydrogens is 304 g/mol. The van der Waals surface area contributed by atoms with Gasteiger partial charge < -0.3 is 4.74 Å². The molecule has 1 aromatic heterocycles. The second-order valence-electron chi connectivity index (χ2n) is 4.56. The third-order valence-corrected chi connectivity index (χ3v) is 4.33. The molecule has 0 amide bonds. The number of nitriles is 1. The van der Waals surface area contributed by atoms with Gasteiger partial charge in [0.2, 0.25) is 0 Å². The SMILES string of the molecule is COc1ccccc1S(=O)(=O)Nc1cc(C)nn1CCC#N. The number of anilines is 1. The van der Waals surface area contributed by atoms with Crippen LogP contribution in [0.3, 0.4) is 0 Å². The molecule has 116 valence electrons. The van der Waals surface area contributed by atoms with Gasteiger partial charge in [0.1, 0.15) is 16.5 Å². The van der Waals surface area contributed by atoms with Crippen LogP contribution < -0.4 is 9.46 Å². The number of hydrogen-bond donors (Lipinski definition) is 1. The summed E-state index contributed by atoms with van der Waals surface area (Å²) in [6, 6.07) is 9.98. The largest absolute Gasteiger partial charge is 0.495 e. The van der Waals surface area contributed by atoms with E-state index < -0.39 is 10.0 Å². The van der Waals surface area contributed by atoms with Crippen molar-refractivity contribution in [1.29, 1.82) is 5.26 Å². The van der Waals surface area contributed by atoms with Crippen LogP contribution >= 0.6 is 0 Å². The first kappa shape index (κ1) is 15.9. The highest BCUT2D eigenvalue weighted by Gasteiger charge is 2.21. The van der Waals surface area contributed by atoms with Gasteiger partial charge in [0.05, 0.1) is 31.8 Å². The molecule has 0 atom stereocenters. The summed E-state index contributed by atoms with van der Waals surface area (Å²) in [7, 11) is -2.40. The summed E-state index contributed by atoms with van der Waals surface area (Å²) >= 11 is 0. The zero-order chi connectivity index (χ0) is 16.2. The van der Waals surface area contributed by atoms with E-state index >= 15 is 0 Å². The molecule has 0 unspecified atom stereocenters. The van der Waals surface area contributed by atoms with Crippen LogP contribution in [0.15, 0.2) is 35.2 Å². The minimum Gasteiger partial charge on any atom is -0.495 e. The van der Waals surface area contributed by atoms with E-state index in [1.165, 1.54) is 17.9 Å². The van der Waals surface area contributed by atoms with Crippen LogP contribution in [0.25, 0.3) is 0 Å². The molecule has 22 heavy (non-hydrogen) atoms. The molecule has 0 radical (unpaired) electrons. The highest BCUT2D eigenvalue weighted by atomic mass is 32.2. The van der Waals surface area contributed by atoms with E-state index in [1.54, 1.807) is 31.2 Å². The molecule has 1 N–H and O–H groups in total. The first-order valence-corrected chi connectivity index (χ1v) is 8.03. The fourth-order valence-electron chi connectivity index (χ4n) is 1.99. The van der Waals surface area contributed by atoms with Crippen molar-refractivity contribution in [3.05, 3.63) is 36.0 Å². The summed E-state index contributed by atoms with van der Waals surface area (Å²) in [5.74, 6) is 0.577. The van der Waals surface area contributed by atoms with Crippen molar-refractivity contribution in [2.24, 2.45) is 0 Å². The van der Waals surface area contributed by atoms with Crippen molar-refractivity contribution < 1.29 is 13.2 Å². The molecule has 1 aromatic carbocycles. The Balaban J connectivity index is 2.35. The summed E-state index contributed by atoms with van der Waals surface area (Å²) in [5, 5.41) is 12.8. The van der Waals surface area contributed by atoms with Gasteiger partial charge in [0, 0.05) is 6.07 Å². The Labute approximate surface area is 129 Å². The number of methoxy groups -OCH3 is 1. The molecule has 0 fully saturated rings. The number of benzene rings is 1. The second-order valence-corrected chi connectivity index (χ2v) is 6.21. The number of aryl methyl sites for hydroxylation is 2. The van der Waals surface area contributed by atoms with E-state index in [0.717, 1.165) is 0 Å². The van der Waals surface area contributed by atoms with Crippen LogP contribution in [0, 0.1) is 18.3 Å². The lowest BCUT2D eigenvalue weighted by atomic mass is 10.3. The topological polar surface area (TPSA) is 97.0 Å². The molecule has 2 aromatic rings. The van der Waals surface area contributed by atoms with E-state index in [1.807, 2.05) is 6.07 Å². The fraction of sp³-hybridized carbons (Fsp3) is 0.286. The van der Waals surface area contributed by atoms with Crippen molar-refractivity contribution in [3.8, 4) is 11.8 Å². The van der Waals surface area contributed by atoms with Crippen molar-refractivity contribution in [3.63, 3.8) is 0 Å². The van der Waals surface area contributed by atoms with Gasteiger partial charge >= 0.3 is 0 Å². The Morgan fingerprint density at radius 1 is 1.41 bits per heavy atom. The summed E-state index contributed by atoms with van der Waals surface area (Å²) in [4.78, 5) is 0.0446. The molecular formula is C14H16N4O3S. The monoisotopic (exact) mass is 320 g/mol. The van der Waals surface area contributed by atoms with E-state index in [4.69, 9.17) is 10.00 Å². The van der Waals surface area contributed by atoms with Gasteiger partial charge in [-0.05, 0) is 19.1 Å². The van der Waals surface area contributed by atoms with Crippen LogP contribution in [-0.4, -0.2) is 25.3 Å². The normalized spacial score (nSPS) is 11.0. The number of rotatable bonds is 6. The maximum Gasteiger partial charge on any atom is 0.266 e. The summed E-state index contributed by atoms with van der Waals surface area (Å²) < 4.78 is 34.1. The van der Waals surface area contributed by atoms with Gasteiger partial charge in [-0.2, -0.15) is 10.4 Å². The summed E-state index contributed by atoms with van der Waals surface area (Å²) in [6.07, 6.45) is 0.241. The van der Waals surface area contributed by atoms with Gasteiger partial charge in [-0.1, -0.05) is 12.1 Å². The molecule has 0 aliphatic rings. The molecule has 0 saturated carbocycles. The van der Waals surface area contributed by atoms with E-state index in [0.29, 0.717) is 18.1 Å². The third-order valence-electron chi connectivity index (χ3n) is 2.94. The smallest absolute Gasteiger partial charge is 0.266 e. The maximum absolute atomic E-state index is 12.5. The standard InChI is InChI=1S/C14H16N4O3S/c1-11-10-14(18(16-11)9-5-8-15)17-22(19,20)13-7-4-3-6-12(13)21-2/h3-4,6-7,10,17H,5,9H2,1-2H3. The second kappa shape index (κ2) is 6.49. The lowest BCUT2D eigenvalue weighted by molar-refractivity contribution is 0.403. The van der Waals surface area contributed by atoms with Crippen molar-refractivity contribution in [2.45, 2.75) is 24.8 Å². The zero-order valence-corrected chi connectivity index (χ0v) is 13.1.